The third-order valence-corrected chi connectivity index (χ3v) is 4.69. The highest BCUT2D eigenvalue weighted by atomic mass is 32.2. The Labute approximate surface area is 121 Å². The maximum Gasteiger partial charge on any atom is 0.240 e. The van der Waals surface area contributed by atoms with Gasteiger partial charge in [0.2, 0.25) is 10.0 Å². The highest BCUT2D eigenvalue weighted by Gasteiger charge is 2.20. The number of nitrogens with two attached hydrogens (primary N) is 1. The van der Waals surface area contributed by atoms with Crippen LogP contribution in [0.25, 0.3) is 0 Å². The van der Waals surface area contributed by atoms with Gasteiger partial charge in [-0.25, -0.2) is 13.1 Å². The number of methoxy groups -OCH3 is 1. The Kier molecular flexibility index (Phi) is 6.61. The van der Waals surface area contributed by atoms with Gasteiger partial charge >= 0.3 is 0 Å². The van der Waals surface area contributed by atoms with Gasteiger partial charge in [0, 0.05) is 19.7 Å². The largest absolute Gasteiger partial charge is 0.383 e. The summed E-state index contributed by atoms with van der Waals surface area (Å²) in [6.07, 6.45) is 1.63. The van der Waals surface area contributed by atoms with Gasteiger partial charge in [0.1, 0.15) is 0 Å². The van der Waals surface area contributed by atoms with Gasteiger partial charge in [0.05, 0.1) is 11.5 Å². The third kappa shape index (κ3) is 4.56. The minimum atomic E-state index is -3.52. The van der Waals surface area contributed by atoms with Crippen molar-refractivity contribution in [3.63, 3.8) is 0 Å². The van der Waals surface area contributed by atoms with Crippen LogP contribution >= 0.6 is 0 Å². The summed E-state index contributed by atoms with van der Waals surface area (Å²) in [6, 6.07) is 4.80. The van der Waals surface area contributed by atoms with Crippen LogP contribution in [0.2, 0.25) is 0 Å². The molecule has 0 heterocycles. The first-order chi connectivity index (χ1) is 9.44. The summed E-state index contributed by atoms with van der Waals surface area (Å²) < 4.78 is 32.4. The lowest BCUT2D eigenvalue weighted by molar-refractivity contribution is 0.171. The Bertz CT molecular complexity index is 523. The SMILES string of the molecule is CCCC(COC)NS(=O)(=O)c1ccc(CN)c(C)c1. The fourth-order valence-electron chi connectivity index (χ4n) is 2.08. The van der Waals surface area contributed by atoms with Crippen LogP contribution in [0.1, 0.15) is 30.9 Å². The molecule has 0 spiro atoms. The molecule has 0 radical (unpaired) electrons. The van der Waals surface area contributed by atoms with Gasteiger partial charge in [-0.3, -0.25) is 0 Å². The zero-order valence-corrected chi connectivity index (χ0v) is 13.2. The zero-order chi connectivity index (χ0) is 15.2. The number of sulfonamides is 1. The number of ether oxygens (including phenoxy) is 1. The number of hydrogen-bond donors (Lipinski definition) is 2. The number of benzene rings is 1. The first kappa shape index (κ1) is 17.1. The standard InChI is InChI=1S/C14H24N2O3S/c1-4-5-13(10-19-3)16-20(17,18)14-7-6-12(9-15)11(2)8-14/h6-8,13,16H,4-5,9-10,15H2,1-3H3. The van der Waals surface area contributed by atoms with Crippen molar-refractivity contribution in [2.45, 2.75) is 44.2 Å². The van der Waals surface area contributed by atoms with Gasteiger partial charge in [-0.1, -0.05) is 19.4 Å². The average molecular weight is 300 g/mol. The van der Waals surface area contributed by atoms with Crippen LogP contribution in [0.15, 0.2) is 23.1 Å². The molecule has 0 aliphatic rings. The number of aryl methyl sites for hydroxylation is 1. The molecule has 1 aromatic rings. The number of nitrogens with one attached hydrogen (secondary N) is 1. The molecule has 0 bridgehead atoms. The van der Waals surface area contributed by atoms with Crippen molar-refractivity contribution in [2.75, 3.05) is 13.7 Å². The molecule has 0 amide bonds. The molecule has 3 N–H and O–H groups in total. The molecule has 20 heavy (non-hydrogen) atoms. The first-order valence-electron chi connectivity index (χ1n) is 6.75. The summed E-state index contributed by atoms with van der Waals surface area (Å²) in [5.41, 5.74) is 7.42. The summed E-state index contributed by atoms with van der Waals surface area (Å²) in [7, 11) is -1.96. The fraction of sp³-hybridized carbons (Fsp3) is 0.571. The van der Waals surface area contributed by atoms with E-state index < -0.39 is 10.0 Å². The summed E-state index contributed by atoms with van der Waals surface area (Å²) in [5.74, 6) is 0. The van der Waals surface area contributed by atoms with E-state index >= 15 is 0 Å². The quantitative estimate of drug-likeness (QED) is 0.763. The summed E-state index contributed by atoms with van der Waals surface area (Å²) in [4.78, 5) is 0.268. The van der Waals surface area contributed by atoms with Gasteiger partial charge in [-0.05, 0) is 36.6 Å². The molecule has 0 fully saturated rings. The van der Waals surface area contributed by atoms with Crippen LogP contribution in [0.5, 0.6) is 0 Å². The smallest absolute Gasteiger partial charge is 0.240 e. The number of hydrogen-bond acceptors (Lipinski definition) is 4. The van der Waals surface area contributed by atoms with Crippen LogP contribution in [-0.4, -0.2) is 28.2 Å². The van der Waals surface area contributed by atoms with Crippen LogP contribution in [-0.2, 0) is 21.3 Å². The second-order valence-electron chi connectivity index (χ2n) is 4.85. The molecule has 1 rings (SSSR count). The maximum absolute atomic E-state index is 12.3. The highest BCUT2D eigenvalue weighted by molar-refractivity contribution is 7.89. The summed E-state index contributed by atoms with van der Waals surface area (Å²) in [6.45, 7) is 4.64. The van der Waals surface area contributed by atoms with Crippen LogP contribution < -0.4 is 10.5 Å². The van der Waals surface area contributed by atoms with E-state index in [9.17, 15) is 8.42 Å². The molecule has 6 heteroatoms. The lowest BCUT2D eigenvalue weighted by atomic mass is 10.1. The van der Waals surface area contributed by atoms with Gasteiger partial charge in [0.25, 0.3) is 0 Å². The van der Waals surface area contributed by atoms with Crippen molar-refractivity contribution in [3.8, 4) is 0 Å². The Morgan fingerprint density at radius 3 is 2.60 bits per heavy atom. The first-order valence-corrected chi connectivity index (χ1v) is 8.23. The van der Waals surface area contributed by atoms with E-state index in [2.05, 4.69) is 4.72 Å². The Morgan fingerprint density at radius 2 is 2.10 bits per heavy atom. The lowest BCUT2D eigenvalue weighted by Gasteiger charge is -2.17. The average Bonchev–Trinajstić information content (AvgIpc) is 2.38. The minimum absolute atomic E-state index is 0.204. The van der Waals surface area contributed by atoms with Gasteiger partial charge in [-0.2, -0.15) is 0 Å². The molecule has 5 nitrogen and oxygen atoms in total. The molecule has 0 saturated carbocycles. The third-order valence-electron chi connectivity index (χ3n) is 3.17. The Hall–Kier alpha value is -0.950. The van der Waals surface area contributed by atoms with Crippen molar-refractivity contribution in [2.24, 2.45) is 5.73 Å². The van der Waals surface area contributed by atoms with E-state index in [1.807, 2.05) is 13.8 Å². The molecular weight excluding hydrogens is 276 g/mol. The lowest BCUT2D eigenvalue weighted by Crippen LogP contribution is -2.37. The highest BCUT2D eigenvalue weighted by Crippen LogP contribution is 2.16. The molecule has 0 aliphatic carbocycles. The van der Waals surface area contributed by atoms with E-state index in [0.29, 0.717) is 13.2 Å². The molecular formula is C14H24N2O3S. The van der Waals surface area contributed by atoms with Crippen molar-refractivity contribution in [3.05, 3.63) is 29.3 Å². The number of rotatable bonds is 8. The normalized spacial score (nSPS) is 13.4. The van der Waals surface area contributed by atoms with Gasteiger partial charge < -0.3 is 10.5 Å². The van der Waals surface area contributed by atoms with Crippen molar-refractivity contribution in [1.82, 2.24) is 4.72 Å². The van der Waals surface area contributed by atoms with Crippen molar-refractivity contribution < 1.29 is 13.2 Å². The monoisotopic (exact) mass is 300 g/mol. The van der Waals surface area contributed by atoms with Crippen LogP contribution in [0.4, 0.5) is 0 Å². The van der Waals surface area contributed by atoms with E-state index in [1.54, 1.807) is 25.3 Å². The Balaban J connectivity index is 2.94. The molecule has 1 unspecified atom stereocenters. The summed E-state index contributed by atoms with van der Waals surface area (Å²) in [5, 5.41) is 0. The fourth-order valence-corrected chi connectivity index (χ4v) is 3.42. The van der Waals surface area contributed by atoms with Gasteiger partial charge in [0.15, 0.2) is 0 Å². The van der Waals surface area contributed by atoms with E-state index in [4.69, 9.17) is 10.5 Å². The van der Waals surface area contributed by atoms with E-state index in [0.717, 1.165) is 24.0 Å². The summed E-state index contributed by atoms with van der Waals surface area (Å²) >= 11 is 0. The zero-order valence-electron chi connectivity index (χ0n) is 12.3. The molecule has 0 aliphatic heterocycles. The van der Waals surface area contributed by atoms with Gasteiger partial charge in [-0.15, -0.1) is 0 Å². The molecule has 114 valence electrons. The second kappa shape index (κ2) is 7.73. The predicted molar refractivity (Wildman–Crippen MR) is 80.0 cm³/mol. The van der Waals surface area contributed by atoms with Crippen LogP contribution in [0.3, 0.4) is 0 Å². The van der Waals surface area contributed by atoms with E-state index in [-0.39, 0.29) is 10.9 Å². The van der Waals surface area contributed by atoms with Crippen molar-refractivity contribution >= 4 is 10.0 Å². The minimum Gasteiger partial charge on any atom is -0.383 e. The second-order valence-corrected chi connectivity index (χ2v) is 6.57. The topological polar surface area (TPSA) is 81.4 Å². The Morgan fingerprint density at radius 1 is 1.40 bits per heavy atom. The maximum atomic E-state index is 12.3. The predicted octanol–water partition coefficient (Wildman–Crippen LogP) is 1.55. The molecule has 0 saturated heterocycles. The van der Waals surface area contributed by atoms with Crippen LogP contribution in [0, 0.1) is 6.92 Å². The molecule has 1 atom stereocenters. The van der Waals surface area contributed by atoms with Crippen molar-refractivity contribution in [1.29, 1.82) is 0 Å². The molecule has 1 aromatic carbocycles. The van der Waals surface area contributed by atoms with E-state index in [1.165, 1.54) is 0 Å². The molecule has 0 aromatic heterocycles.